The summed E-state index contributed by atoms with van der Waals surface area (Å²) in [5, 5.41) is 5.69. The van der Waals surface area contributed by atoms with Crippen molar-refractivity contribution in [3.05, 3.63) is 64.2 Å². The van der Waals surface area contributed by atoms with Crippen molar-refractivity contribution in [3.8, 4) is 0 Å². The van der Waals surface area contributed by atoms with Crippen LogP contribution in [0, 0.1) is 27.7 Å². The number of likely N-dealkylation sites (N-methyl/N-ethyl adjacent to an activating group) is 1. The molecule has 0 heterocycles. The Kier molecular flexibility index (Phi) is 9.99. The summed E-state index contributed by atoms with van der Waals surface area (Å²) in [5.74, 6) is -0.690. The highest BCUT2D eigenvalue weighted by molar-refractivity contribution is 7.80. The zero-order valence-electron chi connectivity index (χ0n) is 22.6. The summed E-state index contributed by atoms with van der Waals surface area (Å²) in [6.45, 7) is 15.0. The monoisotopic (exact) mass is 513 g/mol. The van der Waals surface area contributed by atoms with Crippen LogP contribution < -0.4 is 10.6 Å². The predicted octanol–water partition coefficient (Wildman–Crippen LogP) is 5.27. The van der Waals surface area contributed by atoms with Gasteiger partial charge in [-0.05, 0) is 83.2 Å². The number of para-hydroxylation sites is 1. The van der Waals surface area contributed by atoms with Gasteiger partial charge in [0.2, 0.25) is 5.91 Å². The van der Waals surface area contributed by atoms with E-state index in [1.165, 1.54) is 4.90 Å². The Labute approximate surface area is 220 Å². The van der Waals surface area contributed by atoms with E-state index in [0.717, 1.165) is 33.5 Å². The summed E-state index contributed by atoms with van der Waals surface area (Å²) in [4.78, 5) is 41.6. The number of carbonyl (C=O) groups excluding carboxylic acids is 3. The Morgan fingerprint density at radius 3 is 1.89 bits per heavy atom. The van der Waals surface area contributed by atoms with Gasteiger partial charge in [0.05, 0.1) is 0 Å². The Hall–Kier alpha value is -3.00. The van der Waals surface area contributed by atoms with Crippen molar-refractivity contribution in [1.82, 2.24) is 10.2 Å². The molecule has 0 radical (unpaired) electrons. The van der Waals surface area contributed by atoms with Crippen LogP contribution in [0.4, 0.5) is 10.5 Å². The van der Waals surface area contributed by atoms with E-state index >= 15 is 0 Å². The number of rotatable bonds is 8. The number of benzene rings is 2. The lowest BCUT2D eigenvalue weighted by molar-refractivity contribution is -0.140. The summed E-state index contributed by atoms with van der Waals surface area (Å²) >= 11 is 4.31. The molecule has 0 aromatic heterocycles. The van der Waals surface area contributed by atoms with Crippen LogP contribution >= 0.6 is 12.6 Å². The fraction of sp³-hybridized carbons (Fsp3) is 0.464. The maximum Gasteiger partial charge on any atom is 0.408 e. The molecule has 0 spiro atoms. The minimum absolute atomic E-state index is 0.0482. The number of carbonyl (C=O) groups is 3. The van der Waals surface area contributed by atoms with Gasteiger partial charge in [0.15, 0.2) is 0 Å². The molecule has 2 rings (SSSR count). The number of nitrogens with one attached hydrogen (secondary N) is 2. The molecule has 2 N–H and O–H groups in total. The van der Waals surface area contributed by atoms with Gasteiger partial charge >= 0.3 is 6.09 Å². The van der Waals surface area contributed by atoms with E-state index in [0.29, 0.717) is 0 Å². The van der Waals surface area contributed by atoms with Gasteiger partial charge in [-0.1, -0.05) is 36.4 Å². The van der Waals surface area contributed by atoms with E-state index in [2.05, 4.69) is 23.3 Å². The number of alkyl carbamates (subject to hydrolysis) is 1. The summed E-state index contributed by atoms with van der Waals surface area (Å²) in [7, 11) is 0. The molecule has 0 bridgehead atoms. The molecule has 0 saturated heterocycles. The lowest BCUT2D eigenvalue weighted by Gasteiger charge is -2.35. The zero-order valence-corrected chi connectivity index (χ0v) is 23.5. The number of ether oxygens (including phenoxy) is 1. The third-order valence-electron chi connectivity index (χ3n) is 5.90. The molecule has 196 valence electrons. The van der Waals surface area contributed by atoms with E-state index in [1.54, 1.807) is 20.8 Å². The first-order chi connectivity index (χ1) is 16.8. The first-order valence-corrected chi connectivity index (χ1v) is 12.8. The van der Waals surface area contributed by atoms with Crippen LogP contribution in [0.5, 0.6) is 0 Å². The number of anilines is 1. The zero-order chi connectivity index (χ0) is 27.2. The second kappa shape index (κ2) is 12.3. The maximum atomic E-state index is 13.9. The molecule has 36 heavy (non-hydrogen) atoms. The average molecular weight is 514 g/mol. The fourth-order valence-corrected chi connectivity index (χ4v) is 4.44. The number of nitrogens with zero attached hydrogens (tertiary/aromatic N) is 1. The molecular weight excluding hydrogens is 474 g/mol. The molecule has 2 aromatic rings. The van der Waals surface area contributed by atoms with Crippen molar-refractivity contribution < 1.29 is 19.1 Å². The lowest BCUT2D eigenvalue weighted by atomic mass is 9.93. The van der Waals surface area contributed by atoms with Gasteiger partial charge in [0.25, 0.3) is 5.91 Å². The highest BCUT2D eigenvalue weighted by atomic mass is 32.1. The molecule has 0 fully saturated rings. The molecule has 7 nitrogen and oxygen atoms in total. The minimum Gasteiger partial charge on any atom is -0.444 e. The molecule has 2 aromatic carbocycles. The Balaban J connectivity index is 2.51. The van der Waals surface area contributed by atoms with Crippen LogP contribution in [0.25, 0.3) is 0 Å². The van der Waals surface area contributed by atoms with Crippen LogP contribution in [-0.2, 0) is 14.3 Å². The molecule has 0 aliphatic carbocycles. The van der Waals surface area contributed by atoms with E-state index < -0.39 is 29.7 Å². The largest absolute Gasteiger partial charge is 0.444 e. The second-order valence-corrected chi connectivity index (χ2v) is 10.3. The molecule has 2 atom stereocenters. The first kappa shape index (κ1) is 29.2. The summed E-state index contributed by atoms with van der Waals surface area (Å²) < 4.78 is 5.34. The molecule has 0 saturated carbocycles. The third-order valence-corrected chi connectivity index (χ3v) is 6.27. The summed E-state index contributed by atoms with van der Waals surface area (Å²) in [6.07, 6.45) is -0.713. The normalized spacial score (nSPS) is 12.9. The quantitative estimate of drug-likeness (QED) is 0.420. The van der Waals surface area contributed by atoms with Crippen LogP contribution in [0.3, 0.4) is 0 Å². The van der Waals surface area contributed by atoms with Crippen LogP contribution in [0.15, 0.2) is 36.4 Å². The molecule has 0 aliphatic rings. The van der Waals surface area contributed by atoms with Gasteiger partial charge in [-0.15, -0.1) is 0 Å². The Morgan fingerprint density at radius 1 is 0.944 bits per heavy atom. The van der Waals surface area contributed by atoms with Gasteiger partial charge in [-0.3, -0.25) is 9.59 Å². The minimum atomic E-state index is -0.969. The lowest BCUT2D eigenvalue weighted by Crippen LogP contribution is -2.53. The fourth-order valence-electron chi connectivity index (χ4n) is 4.19. The highest BCUT2D eigenvalue weighted by Crippen LogP contribution is 2.30. The second-order valence-electron chi connectivity index (χ2n) is 9.97. The van der Waals surface area contributed by atoms with Crippen molar-refractivity contribution in [2.45, 2.75) is 73.1 Å². The van der Waals surface area contributed by atoms with Crippen LogP contribution in [0.1, 0.15) is 61.6 Å². The number of amides is 3. The summed E-state index contributed by atoms with van der Waals surface area (Å²) in [5.41, 5.74) is 4.41. The molecule has 2 unspecified atom stereocenters. The van der Waals surface area contributed by atoms with Gasteiger partial charge in [0.1, 0.15) is 17.7 Å². The SMILES string of the molecule is CCN(C(=O)C(CS)NC(=O)OC(C)(C)C)C(C(=O)Nc1c(C)cccc1C)c1c(C)cccc1C. The van der Waals surface area contributed by atoms with E-state index in [9.17, 15) is 14.4 Å². The average Bonchev–Trinajstić information content (AvgIpc) is 2.77. The van der Waals surface area contributed by atoms with Crippen LogP contribution in [-0.4, -0.2) is 46.7 Å². The van der Waals surface area contributed by atoms with Crippen molar-refractivity contribution in [3.63, 3.8) is 0 Å². The predicted molar refractivity (Wildman–Crippen MR) is 148 cm³/mol. The van der Waals surface area contributed by atoms with Crippen LogP contribution in [0.2, 0.25) is 0 Å². The molecule has 3 amide bonds. The van der Waals surface area contributed by atoms with E-state index in [-0.39, 0.29) is 18.2 Å². The van der Waals surface area contributed by atoms with Gasteiger partial charge in [-0.25, -0.2) is 4.79 Å². The molecule has 0 aliphatic heterocycles. The smallest absolute Gasteiger partial charge is 0.408 e. The summed E-state index contributed by atoms with van der Waals surface area (Å²) in [6, 6.07) is 9.69. The first-order valence-electron chi connectivity index (χ1n) is 12.1. The van der Waals surface area contributed by atoms with Gasteiger partial charge in [0, 0.05) is 18.0 Å². The number of hydrogen-bond acceptors (Lipinski definition) is 5. The topological polar surface area (TPSA) is 87.7 Å². The van der Waals surface area contributed by atoms with Crippen molar-refractivity contribution in [2.75, 3.05) is 17.6 Å². The Morgan fingerprint density at radius 2 is 1.44 bits per heavy atom. The third kappa shape index (κ3) is 7.26. The molecule has 8 heteroatoms. The van der Waals surface area contributed by atoms with Gasteiger partial charge in [-0.2, -0.15) is 12.6 Å². The van der Waals surface area contributed by atoms with E-state index in [4.69, 9.17) is 4.74 Å². The van der Waals surface area contributed by atoms with Crippen molar-refractivity contribution in [1.29, 1.82) is 0 Å². The number of thiol groups is 1. The maximum absolute atomic E-state index is 13.9. The van der Waals surface area contributed by atoms with Crippen molar-refractivity contribution >= 4 is 36.2 Å². The van der Waals surface area contributed by atoms with Gasteiger partial charge < -0.3 is 20.3 Å². The molecular formula is C28H39N3O4S. The Bertz CT molecular complexity index is 1070. The van der Waals surface area contributed by atoms with E-state index in [1.807, 2.05) is 71.0 Å². The number of aryl methyl sites for hydroxylation is 4. The van der Waals surface area contributed by atoms with Crippen molar-refractivity contribution in [2.24, 2.45) is 0 Å². The standard InChI is InChI=1S/C28H39N3O4S/c1-9-31(26(33)21(16-36)29-27(34)35-28(6,7)8)24(22-17(2)12-10-13-18(22)3)25(32)30-23-19(4)14-11-15-20(23)5/h10-15,21,24,36H,9,16H2,1-8H3,(H,29,34)(H,30,32). The number of hydrogen-bond donors (Lipinski definition) is 3. The highest BCUT2D eigenvalue weighted by Gasteiger charge is 2.36.